The van der Waals surface area contributed by atoms with Gasteiger partial charge in [-0.25, -0.2) is 0 Å². The summed E-state index contributed by atoms with van der Waals surface area (Å²) < 4.78 is 0. The van der Waals surface area contributed by atoms with Gasteiger partial charge in [-0.2, -0.15) is 0 Å². The van der Waals surface area contributed by atoms with Crippen LogP contribution in [0.25, 0.3) is 0 Å². The van der Waals surface area contributed by atoms with Crippen molar-refractivity contribution in [2.45, 2.75) is 6.10 Å². The summed E-state index contributed by atoms with van der Waals surface area (Å²) in [4.78, 5) is 9.93. The van der Waals surface area contributed by atoms with Gasteiger partial charge in [-0.05, 0) is 0 Å². The summed E-state index contributed by atoms with van der Waals surface area (Å²) >= 11 is 0. The van der Waals surface area contributed by atoms with Gasteiger partial charge >= 0.3 is 0 Å². The van der Waals surface area contributed by atoms with Gasteiger partial charge in [0.15, 0.2) is 5.52 Å². The van der Waals surface area contributed by atoms with E-state index in [0.29, 0.717) is 0 Å². The summed E-state index contributed by atoms with van der Waals surface area (Å²) in [6, 6.07) is 0. The highest BCUT2D eigenvalue weighted by Gasteiger charge is 2.05. The third-order valence-electron chi connectivity index (χ3n) is 0.501. The van der Waals surface area contributed by atoms with E-state index in [4.69, 9.17) is 10.2 Å². The molecule has 2 N–H and O–H groups in total. The number of aliphatic hydroxyl groups is 2. The Kier molecular flexibility index (Phi) is 3.09. The number of carbonyl (C=O) groups excluding carboxylic acids is 1. The van der Waals surface area contributed by atoms with Gasteiger partial charge in [0, 0.05) is 0 Å². The fourth-order valence-corrected chi connectivity index (χ4v) is 0.195. The van der Waals surface area contributed by atoms with Crippen molar-refractivity contribution in [3.05, 3.63) is 0 Å². The smallest absolute Gasteiger partial charge is 0.178 e. The zero-order valence-electron chi connectivity index (χ0n) is 3.66. The average molecular weight is 122 g/mol. The van der Waals surface area contributed by atoms with Crippen LogP contribution in [0.5, 0.6) is 0 Å². The van der Waals surface area contributed by atoms with Crippen molar-refractivity contribution >= 4 is 14.8 Å². The van der Waals surface area contributed by atoms with E-state index in [1.165, 1.54) is 0 Å². The second kappa shape index (κ2) is 3.08. The minimum atomic E-state index is -1.22. The van der Waals surface area contributed by atoms with Crippen LogP contribution < -0.4 is 0 Å². The minimum absolute atomic E-state index is 0.484. The average Bonchev–Trinajstić information content (AvgIpc) is 1.65. The van der Waals surface area contributed by atoms with Gasteiger partial charge in [0.05, 0.1) is 6.61 Å². The highest BCUT2D eigenvalue weighted by Crippen LogP contribution is 1.90. The SMILES string of the molecule is O=C(P)[C@H](O)CO. The Morgan fingerprint density at radius 3 is 2.29 bits per heavy atom. The lowest BCUT2D eigenvalue weighted by molar-refractivity contribution is -0.120. The topological polar surface area (TPSA) is 57.5 Å². The molecule has 0 aromatic heterocycles. The normalized spacial score (nSPS) is 13.6. The summed E-state index contributed by atoms with van der Waals surface area (Å²) in [5.74, 6) is 0. The van der Waals surface area contributed by atoms with Crippen LogP contribution >= 0.6 is 9.24 Å². The lowest BCUT2D eigenvalue weighted by atomic mass is 10.4. The molecule has 0 spiro atoms. The highest BCUT2D eigenvalue weighted by atomic mass is 31.0. The van der Waals surface area contributed by atoms with Crippen LogP contribution in [0.1, 0.15) is 0 Å². The Labute approximate surface area is 43.5 Å². The van der Waals surface area contributed by atoms with Crippen molar-refractivity contribution in [1.82, 2.24) is 0 Å². The first-order chi connectivity index (χ1) is 3.18. The quantitative estimate of drug-likeness (QED) is 0.449. The first-order valence-corrected chi connectivity index (χ1v) is 2.34. The van der Waals surface area contributed by atoms with E-state index < -0.39 is 18.2 Å². The first-order valence-electron chi connectivity index (χ1n) is 1.76. The molecule has 0 aliphatic carbocycles. The van der Waals surface area contributed by atoms with Crippen LogP contribution in [-0.2, 0) is 4.79 Å². The van der Waals surface area contributed by atoms with E-state index in [1.54, 1.807) is 9.24 Å². The predicted octanol–water partition coefficient (Wildman–Crippen LogP) is -1.26. The van der Waals surface area contributed by atoms with Gasteiger partial charge in [-0.1, -0.05) is 9.24 Å². The standard InChI is InChI=1S/C3H7O3P/c4-1-2(5)3(6)7/h2,4-5H,1,7H2/t2-/m1/s1. The molecule has 0 aromatic carbocycles. The molecular weight excluding hydrogens is 115 g/mol. The van der Waals surface area contributed by atoms with Crippen molar-refractivity contribution in [2.24, 2.45) is 0 Å². The summed E-state index contributed by atoms with van der Waals surface area (Å²) in [7, 11) is 1.77. The van der Waals surface area contributed by atoms with E-state index in [1.807, 2.05) is 0 Å². The van der Waals surface area contributed by atoms with E-state index in [-0.39, 0.29) is 0 Å². The molecule has 1 unspecified atom stereocenters. The molecule has 7 heavy (non-hydrogen) atoms. The Morgan fingerprint density at radius 2 is 2.29 bits per heavy atom. The predicted molar refractivity (Wildman–Crippen MR) is 27.8 cm³/mol. The molecule has 4 heteroatoms. The molecule has 42 valence electrons. The molecule has 2 atom stereocenters. The Bertz CT molecular complexity index is 72.6. The van der Waals surface area contributed by atoms with E-state index in [0.717, 1.165) is 0 Å². The summed E-state index contributed by atoms with van der Waals surface area (Å²) in [6.45, 7) is -0.498. The Balaban J connectivity index is 3.34. The fraction of sp³-hybridized carbons (Fsp3) is 0.667. The lowest BCUT2D eigenvalue weighted by Crippen LogP contribution is -2.18. The Hall–Kier alpha value is 0.0200. The van der Waals surface area contributed by atoms with Crippen LogP contribution in [0, 0.1) is 0 Å². The van der Waals surface area contributed by atoms with E-state index in [2.05, 4.69) is 0 Å². The van der Waals surface area contributed by atoms with Crippen LogP contribution in [0.2, 0.25) is 0 Å². The molecule has 0 aromatic rings. The molecule has 0 saturated carbocycles. The van der Waals surface area contributed by atoms with Crippen molar-refractivity contribution in [2.75, 3.05) is 6.61 Å². The van der Waals surface area contributed by atoms with Crippen LogP contribution in [-0.4, -0.2) is 28.4 Å². The molecule has 0 rings (SSSR count). The number of rotatable bonds is 2. The summed E-state index contributed by atoms with van der Waals surface area (Å²) in [5, 5.41) is 16.3. The zero-order valence-corrected chi connectivity index (χ0v) is 4.82. The van der Waals surface area contributed by atoms with Crippen LogP contribution in [0.4, 0.5) is 0 Å². The molecule has 3 nitrogen and oxygen atoms in total. The third kappa shape index (κ3) is 2.68. The monoisotopic (exact) mass is 122 g/mol. The fourth-order valence-electron chi connectivity index (χ4n) is 0.0900. The summed E-state index contributed by atoms with van der Waals surface area (Å²) in [5.41, 5.74) is -0.484. The number of carbonyl (C=O) groups is 1. The maximum absolute atomic E-state index is 9.93. The van der Waals surface area contributed by atoms with Crippen molar-refractivity contribution in [3.8, 4) is 0 Å². The van der Waals surface area contributed by atoms with Gasteiger partial charge in [0.25, 0.3) is 0 Å². The lowest BCUT2D eigenvalue weighted by Gasteiger charge is -1.96. The van der Waals surface area contributed by atoms with Crippen molar-refractivity contribution in [1.29, 1.82) is 0 Å². The van der Waals surface area contributed by atoms with Gasteiger partial charge in [0.2, 0.25) is 0 Å². The molecule has 0 radical (unpaired) electrons. The van der Waals surface area contributed by atoms with Crippen molar-refractivity contribution in [3.63, 3.8) is 0 Å². The highest BCUT2D eigenvalue weighted by molar-refractivity contribution is 7.40. The van der Waals surface area contributed by atoms with E-state index >= 15 is 0 Å². The van der Waals surface area contributed by atoms with Gasteiger partial charge < -0.3 is 10.2 Å². The van der Waals surface area contributed by atoms with E-state index in [9.17, 15) is 4.79 Å². The third-order valence-corrected chi connectivity index (χ3v) is 0.886. The molecule has 0 aliphatic rings. The number of hydrogen-bond acceptors (Lipinski definition) is 3. The minimum Gasteiger partial charge on any atom is -0.393 e. The number of aliphatic hydroxyl groups excluding tert-OH is 2. The molecule has 0 amide bonds. The van der Waals surface area contributed by atoms with Crippen molar-refractivity contribution < 1.29 is 15.0 Å². The molecular formula is C3H7O3P. The zero-order chi connectivity index (χ0) is 5.86. The second-order valence-electron chi connectivity index (χ2n) is 1.10. The van der Waals surface area contributed by atoms with Gasteiger partial charge in [0.1, 0.15) is 6.10 Å². The van der Waals surface area contributed by atoms with Gasteiger partial charge in [-0.15, -0.1) is 0 Å². The largest absolute Gasteiger partial charge is 0.393 e. The molecule has 0 heterocycles. The molecule has 0 aliphatic heterocycles. The first kappa shape index (κ1) is 7.02. The van der Waals surface area contributed by atoms with Crippen LogP contribution in [0.15, 0.2) is 0 Å². The number of hydrogen-bond donors (Lipinski definition) is 2. The van der Waals surface area contributed by atoms with Crippen LogP contribution in [0.3, 0.4) is 0 Å². The summed E-state index contributed by atoms with van der Waals surface area (Å²) in [6.07, 6.45) is -1.22. The maximum atomic E-state index is 9.93. The molecule has 0 saturated heterocycles. The molecule has 0 bridgehead atoms. The second-order valence-corrected chi connectivity index (χ2v) is 1.67. The molecule has 0 fully saturated rings. The maximum Gasteiger partial charge on any atom is 0.178 e. The Morgan fingerprint density at radius 1 is 1.86 bits per heavy atom. The van der Waals surface area contributed by atoms with Gasteiger partial charge in [-0.3, -0.25) is 4.79 Å².